The van der Waals surface area contributed by atoms with Crippen molar-refractivity contribution in [2.45, 2.75) is 49.8 Å². The van der Waals surface area contributed by atoms with Gasteiger partial charge in [0.1, 0.15) is 5.75 Å². The van der Waals surface area contributed by atoms with E-state index in [1.54, 1.807) is 17.8 Å². The summed E-state index contributed by atoms with van der Waals surface area (Å²) in [5.74, 6) is 0.285. The number of hydrogen-bond donors (Lipinski definition) is 3. The van der Waals surface area contributed by atoms with Crippen LogP contribution in [0.4, 0.5) is 0 Å². The molecule has 1 aliphatic carbocycles. The molecule has 2 unspecified atom stereocenters. The van der Waals surface area contributed by atoms with Gasteiger partial charge in [-0.3, -0.25) is 4.79 Å². The van der Waals surface area contributed by atoms with Crippen LogP contribution in [0.25, 0.3) is 0 Å². The molecule has 0 saturated heterocycles. The largest absolute Gasteiger partial charge is 0.508 e. The highest BCUT2D eigenvalue weighted by atomic mass is 32.2. The fraction of sp³-hybridized carbons (Fsp3) is 0.562. The highest BCUT2D eigenvalue weighted by Crippen LogP contribution is 2.45. The van der Waals surface area contributed by atoms with Crippen molar-refractivity contribution in [2.75, 3.05) is 5.75 Å². The summed E-state index contributed by atoms with van der Waals surface area (Å²) in [6, 6.07) is 5.51. The molecule has 5 N–H and O–H groups in total. The predicted octanol–water partition coefficient (Wildman–Crippen LogP) is 1.92. The molecule has 1 aliphatic rings. The Morgan fingerprint density at radius 1 is 1.43 bits per heavy atom. The Bertz CT molecular complexity index is 529. The monoisotopic (exact) mass is 308 g/mol. The van der Waals surface area contributed by atoms with Gasteiger partial charge in [-0.25, -0.2) is 0 Å². The summed E-state index contributed by atoms with van der Waals surface area (Å²) in [6.45, 7) is 4.27. The van der Waals surface area contributed by atoms with Gasteiger partial charge in [0, 0.05) is 16.7 Å². The molecule has 4 nitrogen and oxygen atoms in total. The van der Waals surface area contributed by atoms with E-state index in [0.29, 0.717) is 5.75 Å². The summed E-state index contributed by atoms with van der Waals surface area (Å²) in [5.41, 5.74) is 14.1. The summed E-state index contributed by atoms with van der Waals surface area (Å²) in [7, 11) is 0. The Hall–Kier alpha value is -1.20. The molecule has 2 rings (SSSR count). The predicted molar refractivity (Wildman–Crippen MR) is 87.5 cm³/mol. The fourth-order valence-electron chi connectivity index (χ4n) is 3.54. The number of thioether (sulfide) groups is 1. The van der Waals surface area contributed by atoms with Crippen molar-refractivity contribution in [1.82, 2.24) is 0 Å². The summed E-state index contributed by atoms with van der Waals surface area (Å²) in [6.07, 6.45) is 2.64. The molecule has 21 heavy (non-hydrogen) atoms. The van der Waals surface area contributed by atoms with E-state index in [4.69, 9.17) is 11.5 Å². The smallest absolute Gasteiger partial charge is 0.227 e. The van der Waals surface area contributed by atoms with E-state index < -0.39 is 0 Å². The number of aromatic hydroxyl groups is 1. The molecule has 1 amide bonds. The number of phenolic OH excluding ortho intramolecular Hbond substituents is 1. The van der Waals surface area contributed by atoms with E-state index >= 15 is 0 Å². The average Bonchev–Trinajstić information content (AvgIpc) is 2.46. The maximum absolute atomic E-state index is 11.1. The SMILES string of the molecule is CCC1(CC)c2cc(O)ccc2CC(SCC(N)=O)C1N. The Morgan fingerprint density at radius 3 is 2.67 bits per heavy atom. The zero-order valence-electron chi connectivity index (χ0n) is 12.6. The van der Waals surface area contributed by atoms with Crippen LogP contribution < -0.4 is 11.5 Å². The van der Waals surface area contributed by atoms with Crippen LogP contribution >= 0.6 is 11.8 Å². The van der Waals surface area contributed by atoms with Crippen molar-refractivity contribution in [2.24, 2.45) is 11.5 Å². The second-order valence-electron chi connectivity index (χ2n) is 5.75. The number of phenols is 1. The zero-order chi connectivity index (χ0) is 15.6. The zero-order valence-corrected chi connectivity index (χ0v) is 13.5. The molecule has 0 bridgehead atoms. The molecule has 0 heterocycles. The lowest BCUT2D eigenvalue weighted by atomic mass is 9.63. The van der Waals surface area contributed by atoms with E-state index in [1.807, 2.05) is 12.1 Å². The van der Waals surface area contributed by atoms with Gasteiger partial charge >= 0.3 is 0 Å². The van der Waals surface area contributed by atoms with Crippen LogP contribution in [0.5, 0.6) is 5.75 Å². The van der Waals surface area contributed by atoms with Gasteiger partial charge in [0.05, 0.1) is 5.75 Å². The van der Waals surface area contributed by atoms with Crippen LogP contribution in [0.3, 0.4) is 0 Å². The molecule has 1 aromatic carbocycles. The number of amides is 1. The van der Waals surface area contributed by atoms with E-state index in [1.165, 1.54) is 5.56 Å². The highest BCUT2D eigenvalue weighted by molar-refractivity contribution is 8.00. The van der Waals surface area contributed by atoms with Crippen molar-refractivity contribution < 1.29 is 9.90 Å². The Balaban J connectivity index is 2.42. The van der Waals surface area contributed by atoms with Crippen molar-refractivity contribution in [3.63, 3.8) is 0 Å². The fourth-order valence-corrected chi connectivity index (χ4v) is 4.68. The molecule has 0 aliphatic heterocycles. The summed E-state index contributed by atoms with van der Waals surface area (Å²) in [5, 5.41) is 10.0. The van der Waals surface area contributed by atoms with Gasteiger partial charge < -0.3 is 16.6 Å². The van der Waals surface area contributed by atoms with Crippen LogP contribution in [-0.4, -0.2) is 28.1 Å². The van der Waals surface area contributed by atoms with Crippen molar-refractivity contribution >= 4 is 17.7 Å². The lowest BCUT2D eigenvalue weighted by Crippen LogP contribution is -2.55. The summed E-state index contributed by atoms with van der Waals surface area (Å²) >= 11 is 1.55. The van der Waals surface area contributed by atoms with Gasteiger partial charge in [0.15, 0.2) is 0 Å². The lowest BCUT2D eigenvalue weighted by molar-refractivity contribution is -0.115. The molecule has 116 valence electrons. The van der Waals surface area contributed by atoms with Crippen LogP contribution in [0.2, 0.25) is 0 Å². The third-order valence-electron chi connectivity index (χ3n) is 4.79. The quantitative estimate of drug-likeness (QED) is 0.775. The minimum Gasteiger partial charge on any atom is -0.508 e. The number of benzene rings is 1. The van der Waals surface area contributed by atoms with Crippen LogP contribution in [0.1, 0.15) is 37.8 Å². The number of carbonyl (C=O) groups is 1. The Morgan fingerprint density at radius 2 is 2.10 bits per heavy atom. The van der Waals surface area contributed by atoms with Gasteiger partial charge in [-0.2, -0.15) is 0 Å². The number of fused-ring (bicyclic) bond motifs is 1. The number of rotatable bonds is 5. The maximum atomic E-state index is 11.1. The van der Waals surface area contributed by atoms with Gasteiger partial charge in [-0.1, -0.05) is 19.9 Å². The molecular formula is C16H24N2O2S. The standard InChI is InChI=1S/C16H24N2O2S/c1-3-16(4-2)12-8-11(19)6-5-10(12)7-13(15(16)18)21-9-14(17)20/h5-6,8,13,15,19H,3-4,7,9,18H2,1-2H3,(H2,17,20). The third-order valence-corrected chi connectivity index (χ3v) is 6.13. The molecule has 0 aromatic heterocycles. The van der Waals surface area contributed by atoms with Crippen molar-refractivity contribution in [1.29, 1.82) is 0 Å². The topological polar surface area (TPSA) is 89.3 Å². The number of carbonyl (C=O) groups excluding carboxylic acids is 1. The number of nitrogens with two attached hydrogens (primary N) is 2. The Kier molecular flexibility index (Phi) is 4.84. The first-order chi connectivity index (χ1) is 9.94. The van der Waals surface area contributed by atoms with E-state index in [2.05, 4.69) is 13.8 Å². The first-order valence-electron chi connectivity index (χ1n) is 7.42. The normalized spacial score (nSPS) is 23.6. The number of primary amides is 1. The van der Waals surface area contributed by atoms with Crippen molar-refractivity contribution in [3.05, 3.63) is 29.3 Å². The molecule has 0 fully saturated rings. The molecular weight excluding hydrogens is 284 g/mol. The van der Waals surface area contributed by atoms with E-state index in [-0.39, 0.29) is 28.4 Å². The molecule has 1 aromatic rings. The molecule has 0 spiro atoms. The maximum Gasteiger partial charge on any atom is 0.227 e. The van der Waals surface area contributed by atoms with Gasteiger partial charge in [0.25, 0.3) is 0 Å². The second kappa shape index (κ2) is 6.28. The minimum atomic E-state index is -0.303. The van der Waals surface area contributed by atoms with Gasteiger partial charge in [0.2, 0.25) is 5.91 Å². The van der Waals surface area contributed by atoms with Gasteiger partial charge in [-0.15, -0.1) is 11.8 Å². The molecule has 5 heteroatoms. The first kappa shape index (κ1) is 16.2. The number of hydrogen-bond acceptors (Lipinski definition) is 4. The van der Waals surface area contributed by atoms with E-state index in [0.717, 1.165) is 24.8 Å². The lowest BCUT2D eigenvalue weighted by Gasteiger charge is -2.47. The molecule has 2 atom stereocenters. The first-order valence-corrected chi connectivity index (χ1v) is 8.47. The average molecular weight is 308 g/mol. The highest BCUT2D eigenvalue weighted by Gasteiger charge is 2.44. The van der Waals surface area contributed by atoms with Gasteiger partial charge in [-0.05, 0) is 42.5 Å². The van der Waals surface area contributed by atoms with Crippen LogP contribution in [0, 0.1) is 0 Å². The van der Waals surface area contributed by atoms with Crippen molar-refractivity contribution in [3.8, 4) is 5.75 Å². The molecule has 0 saturated carbocycles. The third kappa shape index (κ3) is 2.90. The molecule has 0 radical (unpaired) electrons. The summed E-state index contributed by atoms with van der Waals surface area (Å²) < 4.78 is 0. The minimum absolute atomic E-state index is 0.0499. The summed E-state index contributed by atoms with van der Waals surface area (Å²) in [4.78, 5) is 11.1. The van der Waals surface area contributed by atoms with E-state index in [9.17, 15) is 9.90 Å². The van der Waals surface area contributed by atoms with Crippen LogP contribution in [0.15, 0.2) is 18.2 Å². The van der Waals surface area contributed by atoms with Crippen LogP contribution in [-0.2, 0) is 16.6 Å². The Labute approximate surface area is 130 Å². The second-order valence-corrected chi connectivity index (χ2v) is 6.98.